The van der Waals surface area contributed by atoms with Gasteiger partial charge in [0.2, 0.25) is 5.91 Å². The van der Waals surface area contributed by atoms with Gasteiger partial charge < -0.3 is 20.3 Å². The zero-order valence-electron chi connectivity index (χ0n) is 12.1. The predicted molar refractivity (Wildman–Crippen MR) is 87.6 cm³/mol. The molecule has 24 heavy (non-hydrogen) atoms. The number of phenolic OH excluding ortho intramolecular Hbond substituents is 1. The number of benzene rings is 1. The third-order valence-electron chi connectivity index (χ3n) is 3.02. The summed E-state index contributed by atoms with van der Waals surface area (Å²) in [5, 5.41) is 12.3. The van der Waals surface area contributed by atoms with Crippen molar-refractivity contribution < 1.29 is 14.3 Å². The van der Waals surface area contributed by atoms with Crippen molar-refractivity contribution in [2.45, 2.75) is 5.16 Å². The molecule has 0 spiro atoms. The highest BCUT2D eigenvalue weighted by atomic mass is 32.2. The van der Waals surface area contributed by atoms with Crippen LogP contribution in [-0.2, 0) is 4.79 Å². The lowest BCUT2D eigenvalue weighted by molar-refractivity contribution is -0.113. The first-order valence-corrected chi connectivity index (χ1v) is 7.68. The van der Waals surface area contributed by atoms with E-state index in [1.54, 1.807) is 6.07 Å². The molecule has 0 aliphatic carbocycles. The maximum absolute atomic E-state index is 13.0. The number of pyridine rings is 1. The largest absolute Gasteiger partial charge is 0.505 e. The van der Waals surface area contributed by atoms with Gasteiger partial charge in [-0.3, -0.25) is 4.79 Å². The standard InChI is InChI=1S/C15H10FN5O2S/c1-17-13-5-10-11(6-18-13)21-15(20-10)24-7-14(23)19-8-2-3-9(16)12(22)4-8/h2-6,22H,7H2,(H,19,23)(H,20,21). The molecule has 0 atom stereocenters. The van der Waals surface area contributed by atoms with Gasteiger partial charge in [0.25, 0.3) is 5.82 Å². The smallest absolute Gasteiger partial charge is 0.271 e. The molecule has 0 unspecified atom stereocenters. The summed E-state index contributed by atoms with van der Waals surface area (Å²) < 4.78 is 13.0. The van der Waals surface area contributed by atoms with Gasteiger partial charge in [-0.15, -0.1) is 4.98 Å². The third-order valence-corrected chi connectivity index (χ3v) is 3.89. The van der Waals surface area contributed by atoms with Crippen molar-refractivity contribution >= 4 is 40.2 Å². The molecular formula is C15H10FN5O2S. The topological polar surface area (TPSA) is 95.3 Å². The molecule has 1 amide bonds. The minimum atomic E-state index is -0.753. The van der Waals surface area contributed by atoms with E-state index in [9.17, 15) is 14.3 Å². The molecule has 120 valence electrons. The number of aromatic amines is 1. The van der Waals surface area contributed by atoms with E-state index in [4.69, 9.17) is 6.57 Å². The number of anilines is 1. The average Bonchev–Trinajstić information content (AvgIpc) is 2.98. The van der Waals surface area contributed by atoms with Crippen LogP contribution in [0.15, 0.2) is 35.6 Å². The van der Waals surface area contributed by atoms with Crippen LogP contribution < -0.4 is 5.32 Å². The second-order valence-corrected chi connectivity index (χ2v) is 5.68. The second-order valence-electron chi connectivity index (χ2n) is 4.72. The van der Waals surface area contributed by atoms with Gasteiger partial charge in [-0.05, 0) is 18.2 Å². The van der Waals surface area contributed by atoms with Gasteiger partial charge >= 0.3 is 0 Å². The molecule has 0 bridgehead atoms. The highest BCUT2D eigenvalue weighted by Gasteiger charge is 2.10. The van der Waals surface area contributed by atoms with Crippen molar-refractivity contribution in [3.8, 4) is 5.75 Å². The van der Waals surface area contributed by atoms with Gasteiger partial charge in [0.15, 0.2) is 16.7 Å². The number of aromatic hydroxyl groups is 1. The van der Waals surface area contributed by atoms with Gasteiger partial charge in [-0.2, -0.15) is 0 Å². The fourth-order valence-electron chi connectivity index (χ4n) is 1.93. The number of thioether (sulfide) groups is 1. The first-order valence-electron chi connectivity index (χ1n) is 6.69. The highest BCUT2D eigenvalue weighted by Crippen LogP contribution is 2.23. The normalized spacial score (nSPS) is 10.5. The third kappa shape index (κ3) is 3.44. The number of halogens is 1. The number of carbonyl (C=O) groups is 1. The number of fused-ring (bicyclic) bond motifs is 1. The van der Waals surface area contributed by atoms with E-state index in [-0.39, 0.29) is 17.5 Å². The highest BCUT2D eigenvalue weighted by molar-refractivity contribution is 7.99. The van der Waals surface area contributed by atoms with Crippen LogP contribution in [0.25, 0.3) is 15.9 Å². The van der Waals surface area contributed by atoms with E-state index in [0.29, 0.717) is 21.9 Å². The summed E-state index contributed by atoms with van der Waals surface area (Å²) in [5.41, 5.74) is 1.58. The van der Waals surface area contributed by atoms with Crippen LogP contribution in [0.1, 0.15) is 0 Å². The minimum absolute atomic E-state index is 0.0705. The molecule has 0 saturated heterocycles. The Morgan fingerprint density at radius 1 is 1.46 bits per heavy atom. The van der Waals surface area contributed by atoms with Gasteiger partial charge in [-0.25, -0.2) is 9.37 Å². The molecule has 0 saturated carbocycles. The summed E-state index contributed by atoms with van der Waals surface area (Å²) >= 11 is 1.17. The molecule has 2 heterocycles. The molecule has 2 aromatic heterocycles. The van der Waals surface area contributed by atoms with Crippen LogP contribution in [-0.4, -0.2) is 31.7 Å². The first-order chi connectivity index (χ1) is 11.5. The van der Waals surface area contributed by atoms with Crippen LogP contribution in [0.3, 0.4) is 0 Å². The molecule has 9 heteroatoms. The Morgan fingerprint density at radius 2 is 2.29 bits per heavy atom. The summed E-state index contributed by atoms with van der Waals surface area (Å²) in [6.45, 7) is 6.92. The Bertz CT molecular complexity index is 966. The summed E-state index contributed by atoms with van der Waals surface area (Å²) in [6, 6.07) is 5.12. The van der Waals surface area contributed by atoms with Gasteiger partial charge in [0, 0.05) is 11.8 Å². The number of H-pyrrole nitrogens is 1. The Kier molecular flexibility index (Phi) is 4.31. The maximum Gasteiger partial charge on any atom is 0.271 e. The van der Waals surface area contributed by atoms with E-state index in [1.165, 1.54) is 24.0 Å². The fraction of sp³-hybridized carbons (Fsp3) is 0.0667. The lowest BCUT2D eigenvalue weighted by Crippen LogP contribution is -2.14. The number of rotatable bonds is 4. The van der Waals surface area contributed by atoms with E-state index < -0.39 is 11.6 Å². The number of nitrogens with one attached hydrogen (secondary N) is 2. The quantitative estimate of drug-likeness (QED) is 0.500. The van der Waals surface area contributed by atoms with Crippen LogP contribution in [0.5, 0.6) is 5.75 Å². The van der Waals surface area contributed by atoms with Gasteiger partial charge in [0.1, 0.15) is 11.7 Å². The van der Waals surface area contributed by atoms with E-state index in [1.807, 2.05) is 0 Å². The molecule has 3 rings (SSSR count). The van der Waals surface area contributed by atoms with E-state index >= 15 is 0 Å². The SMILES string of the molecule is [C-]#[N+]c1cc2nc(SCC(=O)Nc3ccc(F)c(O)c3)[nH]c2cn1. The maximum atomic E-state index is 13.0. The molecule has 0 aliphatic rings. The lowest BCUT2D eigenvalue weighted by Gasteiger charge is -2.05. The van der Waals surface area contributed by atoms with Crippen molar-refractivity contribution in [1.82, 2.24) is 15.0 Å². The minimum Gasteiger partial charge on any atom is -0.505 e. The fourth-order valence-corrected chi connectivity index (χ4v) is 2.61. The zero-order chi connectivity index (χ0) is 17.1. The Labute approximate surface area is 139 Å². The average molecular weight is 343 g/mol. The summed E-state index contributed by atoms with van der Waals surface area (Å²) in [4.78, 5) is 26.3. The van der Waals surface area contributed by atoms with Crippen molar-refractivity contribution in [3.05, 3.63) is 47.7 Å². The Balaban J connectivity index is 1.63. The number of hydrogen-bond acceptors (Lipinski definition) is 5. The van der Waals surface area contributed by atoms with Crippen molar-refractivity contribution in [1.29, 1.82) is 0 Å². The molecule has 3 aromatic rings. The summed E-state index contributed by atoms with van der Waals surface area (Å²) in [6.07, 6.45) is 1.52. The zero-order valence-corrected chi connectivity index (χ0v) is 12.9. The number of hydrogen-bond donors (Lipinski definition) is 3. The summed E-state index contributed by atoms with van der Waals surface area (Å²) in [5.74, 6) is -1.29. The van der Waals surface area contributed by atoms with Crippen molar-refractivity contribution in [3.63, 3.8) is 0 Å². The van der Waals surface area contributed by atoms with Crippen LogP contribution >= 0.6 is 11.8 Å². The Hall–Kier alpha value is -3.12. The number of amides is 1. The van der Waals surface area contributed by atoms with E-state index in [0.717, 1.165) is 12.1 Å². The first kappa shape index (κ1) is 15.8. The summed E-state index contributed by atoms with van der Waals surface area (Å²) in [7, 11) is 0. The lowest BCUT2D eigenvalue weighted by atomic mass is 10.3. The second kappa shape index (κ2) is 6.55. The molecule has 0 radical (unpaired) electrons. The number of imidazole rings is 1. The number of carbonyl (C=O) groups excluding carboxylic acids is 1. The van der Waals surface area contributed by atoms with E-state index in [2.05, 4.69) is 25.1 Å². The monoisotopic (exact) mass is 343 g/mol. The molecule has 1 aromatic carbocycles. The molecule has 0 fully saturated rings. The van der Waals surface area contributed by atoms with Crippen LogP contribution in [0.2, 0.25) is 0 Å². The van der Waals surface area contributed by atoms with Crippen molar-refractivity contribution in [2.75, 3.05) is 11.1 Å². The number of nitrogens with zero attached hydrogens (tertiary/aromatic N) is 3. The molecule has 0 aliphatic heterocycles. The number of aromatic nitrogens is 3. The molecular weight excluding hydrogens is 333 g/mol. The van der Waals surface area contributed by atoms with Gasteiger partial charge in [0.05, 0.1) is 11.3 Å². The molecule has 7 nitrogen and oxygen atoms in total. The van der Waals surface area contributed by atoms with Crippen LogP contribution in [0.4, 0.5) is 15.9 Å². The molecule has 3 N–H and O–H groups in total. The predicted octanol–water partition coefficient (Wildman–Crippen LogP) is 3.08. The van der Waals surface area contributed by atoms with Crippen molar-refractivity contribution in [2.24, 2.45) is 0 Å². The van der Waals surface area contributed by atoms with Crippen LogP contribution in [0, 0.1) is 12.4 Å². The number of phenols is 1. The Morgan fingerprint density at radius 3 is 3.04 bits per heavy atom. The van der Waals surface area contributed by atoms with Gasteiger partial charge in [-0.1, -0.05) is 18.3 Å².